The minimum atomic E-state index is 0.419. The molecule has 0 aromatic heterocycles. The van der Waals surface area contributed by atoms with E-state index in [9.17, 15) is 0 Å². The van der Waals surface area contributed by atoms with Crippen molar-refractivity contribution in [2.75, 3.05) is 25.5 Å². The van der Waals surface area contributed by atoms with Crippen LogP contribution in [0.15, 0.2) is 18.2 Å². The number of hydrogen-bond acceptors (Lipinski definition) is 3. The van der Waals surface area contributed by atoms with Crippen LogP contribution in [0.1, 0.15) is 55.7 Å². The van der Waals surface area contributed by atoms with Crippen LogP contribution in [0.4, 0.5) is 5.69 Å². The molecule has 1 aliphatic carbocycles. The molecule has 1 fully saturated rings. The number of anilines is 1. The second-order valence-electron chi connectivity index (χ2n) is 6.81. The fourth-order valence-electron chi connectivity index (χ4n) is 4.20. The minimum absolute atomic E-state index is 0.419. The molecule has 3 nitrogen and oxygen atoms in total. The summed E-state index contributed by atoms with van der Waals surface area (Å²) < 4.78 is 0. The second-order valence-corrected chi connectivity index (χ2v) is 6.81. The van der Waals surface area contributed by atoms with E-state index in [1.165, 1.54) is 55.3 Å². The molecular formula is C18H29N3. The first-order valence-electron chi connectivity index (χ1n) is 8.47. The molecule has 1 unspecified atom stereocenters. The summed E-state index contributed by atoms with van der Waals surface area (Å²) in [7, 11) is 4.28. The first-order chi connectivity index (χ1) is 10.2. The van der Waals surface area contributed by atoms with Crippen molar-refractivity contribution in [3.05, 3.63) is 29.3 Å². The average molecular weight is 287 g/mol. The highest BCUT2D eigenvalue weighted by Crippen LogP contribution is 2.41. The van der Waals surface area contributed by atoms with Crippen LogP contribution in [0.2, 0.25) is 0 Å². The molecule has 0 amide bonds. The Hall–Kier alpha value is -1.06. The fourth-order valence-corrected chi connectivity index (χ4v) is 4.20. The first kappa shape index (κ1) is 14.9. The Balaban J connectivity index is 1.89. The summed E-state index contributed by atoms with van der Waals surface area (Å²) in [6.45, 7) is 1.82. The molecule has 3 heteroatoms. The quantitative estimate of drug-likeness (QED) is 0.866. The van der Waals surface area contributed by atoms with E-state index < -0.39 is 0 Å². The van der Waals surface area contributed by atoms with Gasteiger partial charge in [-0.05, 0) is 30.0 Å². The van der Waals surface area contributed by atoms with Gasteiger partial charge in [0, 0.05) is 45.0 Å². The lowest BCUT2D eigenvalue weighted by Crippen LogP contribution is -2.36. The molecule has 1 aromatic rings. The van der Waals surface area contributed by atoms with Crippen LogP contribution in [0.5, 0.6) is 0 Å². The van der Waals surface area contributed by atoms with Gasteiger partial charge in [0.15, 0.2) is 0 Å². The standard InChI is InChI=1S/C18H29N3/c1-20(2)17-11-7-10-15-16(17)13-21(18(15)12-19)14-8-5-3-4-6-9-14/h7,10-11,14,18H,3-6,8-9,12-13,19H2,1-2H3. The van der Waals surface area contributed by atoms with Crippen molar-refractivity contribution >= 4 is 5.69 Å². The van der Waals surface area contributed by atoms with Crippen molar-refractivity contribution in [3.63, 3.8) is 0 Å². The van der Waals surface area contributed by atoms with Gasteiger partial charge >= 0.3 is 0 Å². The molecule has 0 bridgehead atoms. The van der Waals surface area contributed by atoms with Crippen molar-refractivity contribution in [1.29, 1.82) is 0 Å². The third-order valence-electron chi connectivity index (χ3n) is 5.29. The largest absolute Gasteiger partial charge is 0.377 e. The number of nitrogens with zero attached hydrogens (tertiary/aromatic N) is 2. The average Bonchev–Trinajstić information content (AvgIpc) is 2.67. The van der Waals surface area contributed by atoms with E-state index in [2.05, 4.69) is 42.1 Å². The van der Waals surface area contributed by atoms with Crippen LogP contribution in [-0.4, -0.2) is 31.6 Å². The van der Waals surface area contributed by atoms with Gasteiger partial charge in [-0.2, -0.15) is 0 Å². The number of fused-ring (bicyclic) bond motifs is 1. The molecular weight excluding hydrogens is 258 g/mol. The van der Waals surface area contributed by atoms with E-state index in [4.69, 9.17) is 5.73 Å². The Kier molecular flexibility index (Phi) is 4.51. The number of benzene rings is 1. The van der Waals surface area contributed by atoms with Crippen molar-refractivity contribution in [2.45, 2.75) is 57.2 Å². The summed E-state index contributed by atoms with van der Waals surface area (Å²) in [5.41, 5.74) is 10.5. The SMILES string of the molecule is CN(C)c1cccc2c1CN(C1CCCCCC1)C2CN. The van der Waals surface area contributed by atoms with Gasteiger partial charge in [-0.15, -0.1) is 0 Å². The van der Waals surface area contributed by atoms with Gasteiger partial charge in [0.05, 0.1) is 0 Å². The molecule has 1 aromatic carbocycles. The molecule has 1 heterocycles. The normalized spacial score (nSPS) is 23.9. The predicted octanol–water partition coefficient (Wildman–Crippen LogP) is 3.29. The lowest BCUT2D eigenvalue weighted by Gasteiger charge is -2.32. The summed E-state index contributed by atoms with van der Waals surface area (Å²) in [6, 6.07) is 7.86. The maximum absolute atomic E-state index is 6.16. The van der Waals surface area contributed by atoms with Gasteiger partial charge < -0.3 is 10.6 Å². The van der Waals surface area contributed by atoms with Gasteiger partial charge in [0.25, 0.3) is 0 Å². The van der Waals surface area contributed by atoms with Crippen LogP contribution in [-0.2, 0) is 6.54 Å². The molecule has 0 saturated heterocycles. The van der Waals surface area contributed by atoms with Crippen LogP contribution < -0.4 is 10.6 Å². The lowest BCUT2D eigenvalue weighted by molar-refractivity contribution is 0.135. The highest BCUT2D eigenvalue weighted by atomic mass is 15.2. The third-order valence-corrected chi connectivity index (χ3v) is 5.29. The minimum Gasteiger partial charge on any atom is -0.377 e. The van der Waals surface area contributed by atoms with Gasteiger partial charge in [-0.3, -0.25) is 4.90 Å². The highest BCUT2D eigenvalue weighted by Gasteiger charge is 2.35. The lowest BCUT2D eigenvalue weighted by atomic mass is 10.0. The monoisotopic (exact) mass is 287 g/mol. The summed E-state index contributed by atoms with van der Waals surface area (Å²) in [5.74, 6) is 0. The van der Waals surface area contributed by atoms with E-state index in [1.54, 1.807) is 0 Å². The molecule has 116 valence electrons. The molecule has 1 aliphatic heterocycles. The van der Waals surface area contributed by atoms with Gasteiger partial charge in [0.1, 0.15) is 0 Å². The zero-order valence-electron chi connectivity index (χ0n) is 13.5. The van der Waals surface area contributed by atoms with Gasteiger partial charge in [0.2, 0.25) is 0 Å². The van der Waals surface area contributed by atoms with Crippen molar-refractivity contribution < 1.29 is 0 Å². The Morgan fingerprint density at radius 2 is 1.86 bits per heavy atom. The van der Waals surface area contributed by atoms with Crippen molar-refractivity contribution in [2.24, 2.45) is 5.73 Å². The Morgan fingerprint density at radius 1 is 1.14 bits per heavy atom. The maximum atomic E-state index is 6.16. The van der Waals surface area contributed by atoms with Crippen LogP contribution in [0.3, 0.4) is 0 Å². The van der Waals surface area contributed by atoms with Crippen molar-refractivity contribution in [3.8, 4) is 0 Å². The zero-order valence-corrected chi connectivity index (χ0v) is 13.5. The fraction of sp³-hybridized carbons (Fsp3) is 0.667. The first-order valence-corrected chi connectivity index (χ1v) is 8.47. The Bertz CT molecular complexity index is 475. The Labute approximate surface area is 129 Å². The molecule has 1 atom stereocenters. The number of nitrogens with two attached hydrogens (primary N) is 1. The predicted molar refractivity (Wildman–Crippen MR) is 89.6 cm³/mol. The van der Waals surface area contributed by atoms with E-state index in [0.29, 0.717) is 6.04 Å². The smallest absolute Gasteiger partial charge is 0.0480 e. The molecule has 21 heavy (non-hydrogen) atoms. The second kappa shape index (κ2) is 6.37. The van der Waals surface area contributed by atoms with Crippen LogP contribution in [0.25, 0.3) is 0 Å². The summed E-state index contributed by atoms with van der Waals surface area (Å²) >= 11 is 0. The van der Waals surface area contributed by atoms with Gasteiger partial charge in [-0.1, -0.05) is 37.8 Å². The highest BCUT2D eigenvalue weighted by molar-refractivity contribution is 5.58. The topological polar surface area (TPSA) is 32.5 Å². The summed E-state index contributed by atoms with van der Waals surface area (Å²) in [4.78, 5) is 4.94. The van der Waals surface area contributed by atoms with E-state index in [1.807, 2.05) is 0 Å². The summed E-state index contributed by atoms with van der Waals surface area (Å²) in [5, 5.41) is 0. The van der Waals surface area contributed by atoms with Gasteiger partial charge in [-0.25, -0.2) is 0 Å². The maximum Gasteiger partial charge on any atom is 0.0480 e. The van der Waals surface area contributed by atoms with E-state index >= 15 is 0 Å². The molecule has 0 radical (unpaired) electrons. The number of hydrogen-bond donors (Lipinski definition) is 1. The molecule has 2 aliphatic rings. The summed E-state index contributed by atoms with van der Waals surface area (Å²) in [6.07, 6.45) is 8.29. The van der Waals surface area contributed by atoms with E-state index in [-0.39, 0.29) is 0 Å². The Morgan fingerprint density at radius 3 is 2.48 bits per heavy atom. The molecule has 2 N–H and O–H groups in total. The molecule has 1 saturated carbocycles. The van der Waals surface area contributed by atoms with E-state index in [0.717, 1.165) is 19.1 Å². The molecule has 0 spiro atoms. The zero-order chi connectivity index (χ0) is 14.8. The third kappa shape index (κ3) is 2.82. The number of rotatable bonds is 3. The molecule has 3 rings (SSSR count). The van der Waals surface area contributed by atoms with Crippen LogP contribution >= 0.6 is 0 Å². The van der Waals surface area contributed by atoms with Crippen LogP contribution in [0, 0.1) is 0 Å². The van der Waals surface area contributed by atoms with Crippen molar-refractivity contribution in [1.82, 2.24) is 4.90 Å².